The van der Waals surface area contributed by atoms with E-state index in [4.69, 9.17) is 18.9 Å². The van der Waals surface area contributed by atoms with E-state index in [1.807, 2.05) is 20.8 Å². The first kappa shape index (κ1) is 14.8. The van der Waals surface area contributed by atoms with Crippen LogP contribution in [0.2, 0.25) is 0 Å². The third-order valence-corrected chi connectivity index (χ3v) is 1.56. The van der Waals surface area contributed by atoms with Gasteiger partial charge in [0.1, 0.15) is 0 Å². The number of ether oxygens (including phenoxy) is 4. The Hall–Kier alpha value is -0.160. The zero-order chi connectivity index (χ0) is 11.5. The second kappa shape index (κ2) is 10.4. The largest absolute Gasteiger partial charge is 0.377 e. The quantitative estimate of drug-likeness (QED) is 0.413. The summed E-state index contributed by atoms with van der Waals surface area (Å²) in [4.78, 5) is 0. The van der Waals surface area contributed by atoms with Crippen molar-refractivity contribution in [2.45, 2.75) is 33.2 Å². The Bertz CT molecular complexity index is 128. The van der Waals surface area contributed by atoms with Gasteiger partial charge >= 0.3 is 0 Å². The lowest BCUT2D eigenvalue weighted by Crippen LogP contribution is -2.17. The van der Waals surface area contributed by atoms with Crippen LogP contribution in [0.25, 0.3) is 0 Å². The summed E-state index contributed by atoms with van der Waals surface area (Å²) in [5.74, 6) is 0. The fourth-order valence-electron chi connectivity index (χ4n) is 0.917. The molecular formula is C11H23O4. The van der Waals surface area contributed by atoms with Crippen LogP contribution in [0.15, 0.2) is 0 Å². The molecule has 1 atom stereocenters. The molecule has 1 unspecified atom stereocenters. The van der Waals surface area contributed by atoms with Crippen LogP contribution >= 0.6 is 0 Å². The molecule has 0 aromatic heterocycles. The first-order chi connectivity index (χ1) is 7.16. The molecule has 0 aliphatic rings. The zero-order valence-corrected chi connectivity index (χ0v) is 10.0. The van der Waals surface area contributed by atoms with Crippen molar-refractivity contribution in [3.8, 4) is 0 Å². The number of hydrogen-bond acceptors (Lipinski definition) is 4. The molecule has 4 heteroatoms. The highest BCUT2D eigenvalue weighted by Crippen LogP contribution is 1.92. The Kier molecular flexibility index (Phi) is 10.3. The van der Waals surface area contributed by atoms with Crippen LogP contribution in [-0.2, 0) is 18.9 Å². The highest BCUT2D eigenvalue weighted by Gasteiger charge is 1.99. The van der Waals surface area contributed by atoms with Gasteiger partial charge in [-0.3, -0.25) is 0 Å². The first-order valence-electron chi connectivity index (χ1n) is 5.42. The summed E-state index contributed by atoms with van der Waals surface area (Å²) in [7, 11) is 0. The molecule has 0 bridgehead atoms. The lowest BCUT2D eigenvalue weighted by atomic mass is 10.5. The fourth-order valence-corrected chi connectivity index (χ4v) is 0.917. The maximum Gasteiger partial charge on any atom is 0.157 e. The van der Waals surface area contributed by atoms with Crippen molar-refractivity contribution in [1.82, 2.24) is 0 Å². The van der Waals surface area contributed by atoms with Crippen molar-refractivity contribution < 1.29 is 18.9 Å². The van der Waals surface area contributed by atoms with Crippen molar-refractivity contribution in [3.63, 3.8) is 0 Å². The third-order valence-electron chi connectivity index (χ3n) is 1.56. The summed E-state index contributed by atoms with van der Waals surface area (Å²) >= 11 is 0. The Labute approximate surface area is 92.8 Å². The van der Waals surface area contributed by atoms with Crippen LogP contribution in [0.3, 0.4) is 0 Å². The van der Waals surface area contributed by atoms with Gasteiger partial charge in [0.2, 0.25) is 0 Å². The highest BCUT2D eigenvalue weighted by atomic mass is 16.7. The molecule has 0 amide bonds. The molecule has 1 radical (unpaired) electrons. The van der Waals surface area contributed by atoms with Crippen molar-refractivity contribution >= 4 is 0 Å². The average Bonchev–Trinajstić information content (AvgIpc) is 2.16. The normalized spacial score (nSPS) is 13.4. The molecule has 0 saturated heterocycles. The van der Waals surface area contributed by atoms with E-state index in [1.165, 1.54) is 0 Å². The molecular weight excluding hydrogens is 196 g/mol. The van der Waals surface area contributed by atoms with E-state index >= 15 is 0 Å². The van der Waals surface area contributed by atoms with Gasteiger partial charge in [0, 0.05) is 13.5 Å². The molecule has 0 spiro atoms. The first-order valence-corrected chi connectivity index (χ1v) is 5.42. The van der Waals surface area contributed by atoms with E-state index in [-0.39, 0.29) is 6.10 Å². The predicted octanol–water partition coefficient (Wildman–Crippen LogP) is 1.64. The molecule has 15 heavy (non-hydrogen) atoms. The Morgan fingerprint density at radius 1 is 0.933 bits per heavy atom. The lowest BCUT2D eigenvalue weighted by Gasteiger charge is -2.12. The van der Waals surface area contributed by atoms with Crippen LogP contribution < -0.4 is 0 Å². The topological polar surface area (TPSA) is 36.9 Å². The molecule has 0 fully saturated rings. The van der Waals surface area contributed by atoms with Crippen molar-refractivity contribution in [1.29, 1.82) is 0 Å². The molecule has 0 aliphatic heterocycles. The van der Waals surface area contributed by atoms with Crippen LogP contribution in [0.1, 0.15) is 20.8 Å². The van der Waals surface area contributed by atoms with Gasteiger partial charge in [-0.1, -0.05) is 0 Å². The minimum absolute atomic E-state index is 0.257. The van der Waals surface area contributed by atoms with Gasteiger partial charge in [0.25, 0.3) is 0 Å². The van der Waals surface area contributed by atoms with E-state index in [9.17, 15) is 0 Å². The van der Waals surface area contributed by atoms with E-state index in [0.29, 0.717) is 33.0 Å². The van der Waals surface area contributed by atoms with Crippen molar-refractivity contribution in [2.24, 2.45) is 0 Å². The maximum absolute atomic E-state index is 5.31. The molecule has 0 heterocycles. The summed E-state index contributed by atoms with van der Waals surface area (Å²) in [5, 5.41) is 0. The summed E-state index contributed by atoms with van der Waals surface area (Å²) in [6.45, 7) is 12.4. The fraction of sp³-hybridized carbons (Fsp3) is 0.909. The summed E-state index contributed by atoms with van der Waals surface area (Å²) < 4.78 is 20.9. The second-order valence-electron chi connectivity index (χ2n) is 3.29. The van der Waals surface area contributed by atoms with Crippen LogP contribution in [0, 0.1) is 6.92 Å². The van der Waals surface area contributed by atoms with Crippen molar-refractivity contribution in [2.75, 3.05) is 33.0 Å². The number of hydrogen-bond donors (Lipinski definition) is 0. The Morgan fingerprint density at radius 2 is 1.53 bits per heavy atom. The van der Waals surface area contributed by atoms with Crippen LogP contribution in [-0.4, -0.2) is 45.4 Å². The smallest absolute Gasteiger partial charge is 0.157 e. The molecule has 0 aromatic rings. The predicted molar refractivity (Wildman–Crippen MR) is 58.6 cm³/mol. The molecule has 0 rings (SSSR count). The third kappa shape index (κ3) is 11.8. The van der Waals surface area contributed by atoms with Crippen LogP contribution in [0.5, 0.6) is 0 Å². The van der Waals surface area contributed by atoms with Gasteiger partial charge in [0.05, 0.1) is 32.5 Å². The second-order valence-corrected chi connectivity index (χ2v) is 3.29. The Balaban J connectivity index is 3.04. The van der Waals surface area contributed by atoms with E-state index in [1.54, 1.807) is 0 Å². The molecule has 0 saturated carbocycles. The van der Waals surface area contributed by atoms with Crippen LogP contribution in [0.4, 0.5) is 0 Å². The van der Waals surface area contributed by atoms with Gasteiger partial charge in [0.15, 0.2) is 6.29 Å². The standard InChI is InChI=1S/C11H23O4/c1-5-13-11(4)15-9-7-12-6-8-14-10(2)3/h10-11H,4-9H2,1-3H3. The SMILES string of the molecule is [CH2]C(OCC)OCCOCCOC(C)C. The van der Waals surface area contributed by atoms with E-state index < -0.39 is 6.29 Å². The maximum atomic E-state index is 5.31. The monoisotopic (exact) mass is 219 g/mol. The van der Waals surface area contributed by atoms with Gasteiger partial charge in [-0.15, -0.1) is 0 Å². The minimum Gasteiger partial charge on any atom is -0.377 e. The van der Waals surface area contributed by atoms with E-state index in [0.717, 1.165) is 0 Å². The molecule has 0 aromatic carbocycles. The average molecular weight is 219 g/mol. The lowest BCUT2D eigenvalue weighted by molar-refractivity contribution is -0.122. The van der Waals surface area contributed by atoms with Gasteiger partial charge in [-0.05, 0) is 20.8 Å². The minimum atomic E-state index is -0.398. The number of rotatable bonds is 10. The summed E-state index contributed by atoms with van der Waals surface area (Å²) in [6, 6.07) is 0. The molecule has 91 valence electrons. The van der Waals surface area contributed by atoms with Gasteiger partial charge in [-0.25, -0.2) is 0 Å². The van der Waals surface area contributed by atoms with Gasteiger partial charge in [-0.2, -0.15) is 0 Å². The Morgan fingerprint density at radius 3 is 2.07 bits per heavy atom. The summed E-state index contributed by atoms with van der Waals surface area (Å²) in [5.41, 5.74) is 0. The zero-order valence-electron chi connectivity index (χ0n) is 10.0. The molecule has 0 N–H and O–H groups in total. The summed E-state index contributed by atoms with van der Waals surface area (Å²) in [6.07, 6.45) is -0.141. The molecule has 0 aliphatic carbocycles. The van der Waals surface area contributed by atoms with E-state index in [2.05, 4.69) is 6.92 Å². The van der Waals surface area contributed by atoms with Gasteiger partial charge < -0.3 is 18.9 Å². The highest BCUT2D eigenvalue weighted by molar-refractivity contribution is 4.44. The van der Waals surface area contributed by atoms with Crippen molar-refractivity contribution in [3.05, 3.63) is 6.92 Å². The molecule has 4 nitrogen and oxygen atoms in total.